The number of aryl methyl sites for hydroxylation is 1. The molecule has 1 saturated heterocycles. The molecule has 0 unspecified atom stereocenters. The van der Waals surface area contributed by atoms with Gasteiger partial charge in [-0.05, 0) is 76.4 Å². The summed E-state index contributed by atoms with van der Waals surface area (Å²) >= 11 is 0. The van der Waals surface area contributed by atoms with Crippen molar-refractivity contribution in [2.45, 2.75) is 44.6 Å². The number of likely N-dealkylation sites (N-methyl/N-ethyl adjacent to an activating group) is 1. The quantitative estimate of drug-likeness (QED) is 0.592. The fourth-order valence-corrected chi connectivity index (χ4v) is 6.04. The van der Waals surface area contributed by atoms with Crippen LogP contribution in [-0.2, 0) is 16.0 Å². The van der Waals surface area contributed by atoms with E-state index in [1.54, 1.807) is 6.20 Å². The number of amides is 2. The fourth-order valence-electron chi connectivity index (χ4n) is 6.04. The minimum Gasteiger partial charge on any atom is -0.492 e. The van der Waals surface area contributed by atoms with Crippen molar-refractivity contribution in [2.75, 3.05) is 44.0 Å². The number of hydrogen-bond donors (Lipinski definition) is 2. The topological polar surface area (TPSA) is 99.7 Å². The fraction of sp³-hybridized carbons (Fsp3) is 0.538. The Morgan fingerprint density at radius 2 is 2.06 bits per heavy atom. The second-order valence-electron chi connectivity index (χ2n) is 10.9. The third kappa shape index (κ3) is 3.47. The van der Waals surface area contributed by atoms with Crippen molar-refractivity contribution in [1.82, 2.24) is 20.2 Å². The van der Waals surface area contributed by atoms with Gasteiger partial charge in [-0.3, -0.25) is 14.5 Å². The van der Waals surface area contributed by atoms with E-state index in [0.717, 1.165) is 48.4 Å². The first-order chi connectivity index (χ1) is 16.8. The summed E-state index contributed by atoms with van der Waals surface area (Å²) in [4.78, 5) is 40.0. The van der Waals surface area contributed by atoms with E-state index in [1.165, 1.54) is 0 Å². The number of carbonyl (C=O) groups is 2. The number of carbonyl (C=O) groups excluding carboxylic acids is 2. The molecule has 5 aliphatic rings. The van der Waals surface area contributed by atoms with E-state index < -0.39 is 5.41 Å². The molecule has 35 heavy (non-hydrogen) atoms. The summed E-state index contributed by atoms with van der Waals surface area (Å²) in [6, 6.07) is 5.91. The van der Waals surface area contributed by atoms with Gasteiger partial charge in [0.1, 0.15) is 23.6 Å². The van der Waals surface area contributed by atoms with Crippen molar-refractivity contribution in [3.63, 3.8) is 0 Å². The zero-order valence-corrected chi connectivity index (χ0v) is 20.6. The van der Waals surface area contributed by atoms with E-state index in [4.69, 9.17) is 9.72 Å². The summed E-state index contributed by atoms with van der Waals surface area (Å²) in [6.07, 6.45) is 5.67. The maximum absolute atomic E-state index is 13.8. The predicted octanol–water partition coefficient (Wildman–Crippen LogP) is 2.42. The van der Waals surface area contributed by atoms with E-state index in [9.17, 15) is 9.59 Å². The Morgan fingerprint density at radius 1 is 1.26 bits per heavy atom. The van der Waals surface area contributed by atoms with Gasteiger partial charge in [0.05, 0.1) is 5.54 Å². The molecule has 1 spiro atoms. The minimum absolute atomic E-state index is 0.0853. The van der Waals surface area contributed by atoms with Gasteiger partial charge in [0, 0.05) is 37.0 Å². The highest BCUT2D eigenvalue weighted by Crippen LogP contribution is 2.63. The van der Waals surface area contributed by atoms with Crippen LogP contribution < -0.4 is 20.3 Å². The molecule has 2 amide bonds. The number of fused-ring (bicyclic) bond motifs is 1. The summed E-state index contributed by atoms with van der Waals surface area (Å²) in [5.74, 6) is 2.41. The molecule has 9 nitrogen and oxygen atoms in total. The molecule has 3 saturated carbocycles. The van der Waals surface area contributed by atoms with Crippen molar-refractivity contribution < 1.29 is 14.3 Å². The molecule has 0 radical (unpaired) electrons. The average Bonchev–Trinajstić information content (AvgIpc) is 3.11. The van der Waals surface area contributed by atoms with Crippen LogP contribution in [0.4, 0.5) is 17.5 Å². The molecule has 3 aliphatic carbocycles. The number of aromatic nitrogens is 2. The Kier molecular flexibility index (Phi) is 5.03. The van der Waals surface area contributed by atoms with Gasteiger partial charge >= 0.3 is 0 Å². The zero-order chi connectivity index (χ0) is 24.4. The molecular weight excluding hydrogens is 444 g/mol. The molecule has 1 atom stereocenters. The van der Waals surface area contributed by atoms with E-state index in [2.05, 4.69) is 20.5 Å². The Morgan fingerprint density at radius 3 is 2.69 bits per heavy atom. The van der Waals surface area contributed by atoms with Gasteiger partial charge in [0.15, 0.2) is 0 Å². The molecule has 4 fully saturated rings. The van der Waals surface area contributed by atoms with Crippen LogP contribution in [0.25, 0.3) is 0 Å². The van der Waals surface area contributed by atoms with Gasteiger partial charge in [0.2, 0.25) is 17.8 Å². The number of anilines is 3. The highest BCUT2D eigenvalue weighted by molar-refractivity contribution is 6.15. The van der Waals surface area contributed by atoms with Crippen LogP contribution in [0, 0.1) is 18.3 Å². The van der Waals surface area contributed by atoms with Crippen molar-refractivity contribution >= 4 is 29.3 Å². The predicted molar refractivity (Wildman–Crippen MR) is 132 cm³/mol. The first-order valence-electron chi connectivity index (χ1n) is 12.4. The number of benzene rings is 1. The van der Waals surface area contributed by atoms with Gasteiger partial charge < -0.3 is 20.3 Å². The maximum Gasteiger partial charge on any atom is 0.244 e. The van der Waals surface area contributed by atoms with Gasteiger partial charge in [-0.25, -0.2) is 4.98 Å². The van der Waals surface area contributed by atoms with Crippen LogP contribution >= 0.6 is 0 Å². The lowest BCUT2D eigenvalue weighted by molar-refractivity contribution is -0.144. The average molecular weight is 477 g/mol. The highest BCUT2D eigenvalue weighted by atomic mass is 16.5. The lowest BCUT2D eigenvalue weighted by atomic mass is 9.48. The van der Waals surface area contributed by atoms with Crippen molar-refractivity contribution in [3.05, 3.63) is 35.5 Å². The molecule has 184 valence electrons. The van der Waals surface area contributed by atoms with Crippen molar-refractivity contribution in [1.29, 1.82) is 0 Å². The second-order valence-corrected chi connectivity index (χ2v) is 10.9. The van der Waals surface area contributed by atoms with Gasteiger partial charge in [0.25, 0.3) is 0 Å². The Hall–Kier alpha value is -3.20. The van der Waals surface area contributed by atoms with Crippen LogP contribution in [0.3, 0.4) is 0 Å². The normalized spacial score (nSPS) is 28.5. The van der Waals surface area contributed by atoms with E-state index >= 15 is 0 Å². The summed E-state index contributed by atoms with van der Waals surface area (Å²) < 4.78 is 5.89. The first kappa shape index (κ1) is 22.3. The lowest BCUT2D eigenvalue weighted by Crippen LogP contribution is -2.73. The monoisotopic (exact) mass is 476 g/mol. The molecule has 3 heterocycles. The standard InChI is InChI=1S/C26H32N6O3/c1-16-10-19(4-5-20(16)35-9-8-31(2)3)29-24-28-15-18-14-26(6-7-27-22(26)33)23(34)32(21(18)30-24)25-11-17(12-25)13-25/h4-5,10,15,17H,6-9,11-14H2,1-3H3,(H,27,33)(H,28,29,30)/t17?,25?,26-/m1/s1. The van der Waals surface area contributed by atoms with Gasteiger partial charge in [-0.15, -0.1) is 0 Å². The number of nitrogens with one attached hydrogen (secondary N) is 2. The summed E-state index contributed by atoms with van der Waals surface area (Å²) in [6.45, 7) is 4.03. The van der Waals surface area contributed by atoms with Gasteiger partial charge in [-0.2, -0.15) is 4.98 Å². The van der Waals surface area contributed by atoms with Crippen LogP contribution in [0.2, 0.25) is 0 Å². The van der Waals surface area contributed by atoms with Crippen LogP contribution in [-0.4, -0.2) is 66.0 Å². The Labute approximate surface area is 205 Å². The van der Waals surface area contributed by atoms with E-state index in [1.807, 2.05) is 44.1 Å². The zero-order valence-electron chi connectivity index (χ0n) is 20.6. The molecule has 9 heteroatoms. The minimum atomic E-state index is -1.01. The molecule has 2 bridgehead atoms. The molecule has 2 aliphatic heterocycles. The molecule has 7 rings (SSSR count). The maximum atomic E-state index is 13.8. The highest BCUT2D eigenvalue weighted by Gasteiger charge is 2.67. The number of rotatable bonds is 7. The second kappa shape index (κ2) is 7.91. The van der Waals surface area contributed by atoms with Crippen molar-refractivity contribution in [2.24, 2.45) is 11.3 Å². The Balaban J connectivity index is 1.27. The molecule has 2 aromatic rings. The third-order valence-corrected chi connectivity index (χ3v) is 8.14. The summed E-state index contributed by atoms with van der Waals surface area (Å²) in [5.41, 5.74) is 1.55. The smallest absolute Gasteiger partial charge is 0.244 e. The molecule has 1 aromatic carbocycles. The summed E-state index contributed by atoms with van der Waals surface area (Å²) in [5, 5.41) is 6.18. The van der Waals surface area contributed by atoms with Crippen LogP contribution in [0.5, 0.6) is 5.75 Å². The first-order valence-corrected chi connectivity index (χ1v) is 12.4. The largest absolute Gasteiger partial charge is 0.492 e. The van der Waals surface area contributed by atoms with Crippen molar-refractivity contribution in [3.8, 4) is 5.75 Å². The lowest BCUT2D eigenvalue weighted by Gasteiger charge is -2.67. The number of nitrogens with zero attached hydrogens (tertiary/aromatic N) is 4. The third-order valence-electron chi connectivity index (χ3n) is 8.14. The SMILES string of the molecule is Cc1cc(Nc2ncc3c(n2)N(C24CC(C2)C4)C(=O)[C@]2(CCNC2=O)C3)ccc1OCCN(C)C. The number of hydrogen-bond acceptors (Lipinski definition) is 7. The molecule has 1 aromatic heterocycles. The molecule has 2 N–H and O–H groups in total. The van der Waals surface area contributed by atoms with Crippen LogP contribution in [0.15, 0.2) is 24.4 Å². The van der Waals surface area contributed by atoms with E-state index in [-0.39, 0.29) is 17.4 Å². The summed E-state index contributed by atoms with van der Waals surface area (Å²) in [7, 11) is 4.04. The van der Waals surface area contributed by atoms with Gasteiger partial charge in [-0.1, -0.05) is 0 Å². The van der Waals surface area contributed by atoms with Crippen LogP contribution in [0.1, 0.15) is 36.8 Å². The Bertz CT molecular complexity index is 1200. The van der Waals surface area contributed by atoms with E-state index in [0.29, 0.717) is 43.7 Å². The number of ether oxygens (including phenoxy) is 1. The molecular formula is C26H32N6O3.